The van der Waals surface area contributed by atoms with E-state index in [2.05, 4.69) is 15.0 Å². The molecule has 7 nitrogen and oxygen atoms in total. The van der Waals surface area contributed by atoms with Crippen LogP contribution in [0.5, 0.6) is 5.75 Å². The molecule has 0 saturated heterocycles. The van der Waals surface area contributed by atoms with Crippen molar-refractivity contribution >= 4 is 23.3 Å². The Morgan fingerprint density at radius 1 is 0.840 bits per heavy atom. The summed E-state index contributed by atoms with van der Waals surface area (Å²) in [5, 5.41) is 8.54. The molecule has 124 valence electrons. The molecule has 0 N–H and O–H groups in total. The minimum atomic E-state index is 0.486. The van der Waals surface area contributed by atoms with Crippen molar-refractivity contribution < 1.29 is 4.74 Å². The number of benzene rings is 2. The van der Waals surface area contributed by atoms with Gasteiger partial charge in [0.25, 0.3) is 6.26 Å². The van der Waals surface area contributed by atoms with Crippen LogP contribution in [0.15, 0.2) is 60.9 Å². The third kappa shape index (κ3) is 3.64. The molecule has 1 heterocycles. The molecule has 3 rings (SSSR count). The first-order valence-corrected chi connectivity index (χ1v) is 7.56. The molecule has 0 unspecified atom stereocenters. The molecule has 25 heavy (non-hydrogen) atoms. The molecule has 0 saturated carbocycles. The van der Waals surface area contributed by atoms with E-state index in [0.29, 0.717) is 17.6 Å². The van der Waals surface area contributed by atoms with Crippen molar-refractivity contribution in [3.63, 3.8) is 0 Å². The zero-order chi connectivity index (χ0) is 17.6. The molecule has 2 aromatic carbocycles. The molecule has 1 aromatic heterocycles. The van der Waals surface area contributed by atoms with E-state index in [4.69, 9.17) is 10.00 Å². The highest BCUT2D eigenvalue weighted by Gasteiger charge is 2.12. The summed E-state index contributed by atoms with van der Waals surface area (Å²) >= 11 is 0. The molecule has 0 atom stereocenters. The maximum Gasteiger partial charge on any atom is 0.292 e. The van der Waals surface area contributed by atoms with Gasteiger partial charge in [0.05, 0.1) is 0 Å². The minimum absolute atomic E-state index is 0.486. The van der Waals surface area contributed by atoms with Gasteiger partial charge in [-0.3, -0.25) is 0 Å². The monoisotopic (exact) mass is 332 g/mol. The van der Waals surface area contributed by atoms with Gasteiger partial charge in [-0.05, 0) is 36.4 Å². The van der Waals surface area contributed by atoms with Crippen LogP contribution in [0.2, 0.25) is 0 Å². The van der Waals surface area contributed by atoms with E-state index in [-0.39, 0.29) is 0 Å². The van der Waals surface area contributed by atoms with Crippen LogP contribution in [0.4, 0.5) is 23.3 Å². The van der Waals surface area contributed by atoms with Crippen LogP contribution in [-0.2, 0) is 0 Å². The Bertz CT molecular complexity index is 876. The number of nitrogens with zero attached hydrogens (tertiary/aromatic N) is 6. The molecule has 3 aromatic rings. The molecular formula is C18H16N6O. The molecule has 7 heteroatoms. The fourth-order valence-electron chi connectivity index (χ4n) is 2.28. The van der Waals surface area contributed by atoms with Gasteiger partial charge in [-0.25, -0.2) is 9.97 Å². The Hall–Kier alpha value is -3.66. The number of aromatic nitrogens is 3. The Labute approximate surface area is 145 Å². The van der Waals surface area contributed by atoms with Crippen LogP contribution >= 0.6 is 0 Å². The first-order chi connectivity index (χ1) is 12.2. The third-order valence-electron chi connectivity index (χ3n) is 3.68. The summed E-state index contributed by atoms with van der Waals surface area (Å²) in [7, 11) is 3.77. The van der Waals surface area contributed by atoms with E-state index in [0.717, 1.165) is 11.4 Å². The summed E-state index contributed by atoms with van der Waals surface area (Å²) in [6, 6.07) is 17.0. The minimum Gasteiger partial charge on any atom is -0.388 e. The fraction of sp³-hybridized carbons (Fsp3) is 0.111. The van der Waals surface area contributed by atoms with Gasteiger partial charge in [0.1, 0.15) is 12.1 Å². The van der Waals surface area contributed by atoms with Crippen molar-refractivity contribution in [1.82, 2.24) is 15.0 Å². The lowest BCUT2D eigenvalue weighted by atomic mass is 10.3. The quantitative estimate of drug-likeness (QED) is 0.663. The van der Waals surface area contributed by atoms with Gasteiger partial charge in [0.15, 0.2) is 0 Å². The van der Waals surface area contributed by atoms with Crippen molar-refractivity contribution in [2.75, 3.05) is 23.9 Å². The lowest BCUT2D eigenvalue weighted by Crippen LogP contribution is -2.18. The van der Waals surface area contributed by atoms with Crippen LogP contribution in [-0.4, -0.2) is 29.0 Å². The summed E-state index contributed by atoms with van der Waals surface area (Å²) in [6.07, 6.45) is 3.13. The van der Waals surface area contributed by atoms with Gasteiger partial charge >= 0.3 is 0 Å². The van der Waals surface area contributed by atoms with Gasteiger partial charge in [0.2, 0.25) is 11.9 Å². The maximum absolute atomic E-state index is 8.54. The van der Waals surface area contributed by atoms with Crippen LogP contribution in [0.3, 0.4) is 0 Å². The first-order valence-electron chi connectivity index (χ1n) is 7.56. The third-order valence-corrected chi connectivity index (χ3v) is 3.68. The molecule has 0 aliphatic heterocycles. The predicted octanol–water partition coefficient (Wildman–Crippen LogP) is 3.27. The van der Waals surface area contributed by atoms with E-state index in [1.54, 1.807) is 18.4 Å². The van der Waals surface area contributed by atoms with Gasteiger partial charge in [-0.15, -0.1) is 5.26 Å². The number of para-hydroxylation sites is 1. The molecule has 0 fully saturated rings. The zero-order valence-corrected chi connectivity index (χ0v) is 13.9. The Kier molecular flexibility index (Phi) is 4.72. The summed E-state index contributed by atoms with van der Waals surface area (Å²) < 4.78 is 4.78. The zero-order valence-electron chi connectivity index (χ0n) is 13.9. The fourth-order valence-corrected chi connectivity index (χ4v) is 2.28. The average Bonchev–Trinajstić information content (AvgIpc) is 2.68. The highest BCUT2D eigenvalue weighted by atomic mass is 16.5. The molecule has 0 aliphatic carbocycles. The number of rotatable bonds is 5. The van der Waals surface area contributed by atoms with Crippen molar-refractivity contribution in [3.05, 3.63) is 60.9 Å². The summed E-state index contributed by atoms with van der Waals surface area (Å²) in [4.78, 5) is 16.8. The SMILES string of the molecule is CN(c1ccccc1)c1ncnc(N(C)c2ccc(OC#N)cc2)n1. The Morgan fingerprint density at radius 3 is 1.96 bits per heavy atom. The van der Waals surface area contributed by atoms with Crippen molar-refractivity contribution in [1.29, 1.82) is 5.26 Å². The largest absolute Gasteiger partial charge is 0.388 e. The second-order valence-electron chi connectivity index (χ2n) is 5.23. The number of hydrogen-bond donors (Lipinski definition) is 0. The van der Waals surface area contributed by atoms with Crippen LogP contribution in [0.1, 0.15) is 0 Å². The highest BCUT2D eigenvalue weighted by molar-refractivity contribution is 5.60. The predicted molar refractivity (Wildman–Crippen MR) is 95.1 cm³/mol. The van der Waals surface area contributed by atoms with Gasteiger partial charge in [0, 0.05) is 25.5 Å². The number of nitriles is 1. The van der Waals surface area contributed by atoms with E-state index in [9.17, 15) is 0 Å². The molecule has 0 radical (unpaired) electrons. The maximum atomic E-state index is 8.54. The summed E-state index contributed by atoms with van der Waals surface area (Å²) in [6.45, 7) is 0. The normalized spacial score (nSPS) is 9.96. The van der Waals surface area contributed by atoms with Gasteiger partial charge < -0.3 is 14.5 Å². The topological polar surface area (TPSA) is 78.2 Å². The highest BCUT2D eigenvalue weighted by Crippen LogP contribution is 2.25. The smallest absolute Gasteiger partial charge is 0.292 e. The van der Waals surface area contributed by atoms with Crippen molar-refractivity contribution in [2.24, 2.45) is 0 Å². The van der Waals surface area contributed by atoms with Gasteiger partial charge in [-0.1, -0.05) is 18.2 Å². The molecular weight excluding hydrogens is 316 g/mol. The van der Waals surface area contributed by atoms with Crippen molar-refractivity contribution in [3.8, 4) is 12.0 Å². The summed E-state index contributed by atoms with van der Waals surface area (Å²) in [5.41, 5.74) is 1.85. The second kappa shape index (κ2) is 7.27. The number of hydrogen-bond acceptors (Lipinski definition) is 7. The Morgan fingerprint density at radius 2 is 1.40 bits per heavy atom. The molecule has 0 bridgehead atoms. The lowest BCUT2D eigenvalue weighted by molar-refractivity contribution is 0.507. The number of ether oxygens (including phenoxy) is 1. The molecule has 0 amide bonds. The summed E-state index contributed by atoms with van der Waals surface area (Å²) in [5.74, 6) is 1.55. The van der Waals surface area contributed by atoms with E-state index < -0.39 is 0 Å². The second-order valence-corrected chi connectivity index (χ2v) is 5.23. The molecule has 0 aliphatic rings. The van der Waals surface area contributed by atoms with E-state index in [1.165, 1.54) is 6.33 Å². The standard InChI is InChI=1S/C18H16N6O/c1-23(14-6-4-3-5-7-14)17-20-13-21-18(22-17)24(2)15-8-10-16(11-9-15)25-12-19/h3-11,13H,1-2H3. The van der Waals surface area contributed by atoms with Crippen LogP contribution in [0, 0.1) is 11.5 Å². The van der Waals surface area contributed by atoms with Crippen molar-refractivity contribution in [2.45, 2.75) is 0 Å². The first kappa shape index (κ1) is 16.2. The lowest BCUT2D eigenvalue weighted by Gasteiger charge is -2.20. The van der Waals surface area contributed by atoms with Crippen LogP contribution in [0.25, 0.3) is 0 Å². The van der Waals surface area contributed by atoms with Crippen LogP contribution < -0.4 is 14.5 Å². The number of anilines is 4. The molecule has 0 spiro atoms. The average molecular weight is 332 g/mol. The Balaban J connectivity index is 1.84. The van der Waals surface area contributed by atoms with E-state index in [1.807, 2.05) is 66.4 Å². The van der Waals surface area contributed by atoms with E-state index >= 15 is 0 Å². The van der Waals surface area contributed by atoms with Gasteiger partial charge in [-0.2, -0.15) is 4.98 Å².